The van der Waals surface area contributed by atoms with Crippen LogP contribution in [-0.2, 0) is 9.53 Å². The van der Waals surface area contributed by atoms with Crippen molar-refractivity contribution in [3.8, 4) is 0 Å². The fourth-order valence-corrected chi connectivity index (χ4v) is 5.25. The van der Waals surface area contributed by atoms with Gasteiger partial charge in [0.25, 0.3) is 0 Å². The summed E-state index contributed by atoms with van der Waals surface area (Å²) in [4.78, 5) is 11.9. The quantitative estimate of drug-likeness (QED) is 0.0487. The van der Waals surface area contributed by atoms with Gasteiger partial charge in [-0.15, -0.1) is 0 Å². The van der Waals surface area contributed by atoms with Crippen molar-refractivity contribution in [3.63, 3.8) is 0 Å². The maximum Gasteiger partial charge on any atom is 0.305 e. The Morgan fingerprint density at radius 1 is 0.421 bits per heavy atom. The van der Waals surface area contributed by atoms with Crippen molar-refractivity contribution >= 4 is 5.97 Å². The predicted molar refractivity (Wildman–Crippen MR) is 170 cm³/mol. The Kier molecular flexibility index (Phi) is 33.5. The molecule has 0 fully saturated rings. The number of hydrogen-bond acceptors (Lipinski definition) is 2. The molecule has 0 aliphatic rings. The molecule has 0 rings (SSSR count). The summed E-state index contributed by atoms with van der Waals surface area (Å²) in [5, 5.41) is 0. The zero-order valence-corrected chi connectivity index (χ0v) is 26.4. The van der Waals surface area contributed by atoms with Gasteiger partial charge in [0.05, 0.1) is 6.61 Å². The van der Waals surface area contributed by atoms with E-state index in [1.165, 1.54) is 167 Å². The summed E-state index contributed by atoms with van der Waals surface area (Å²) < 4.78 is 5.43. The summed E-state index contributed by atoms with van der Waals surface area (Å²) in [6, 6.07) is 0. The fraction of sp³-hybridized carbons (Fsp3) is 0.917. The summed E-state index contributed by atoms with van der Waals surface area (Å²) >= 11 is 0. The van der Waals surface area contributed by atoms with Crippen molar-refractivity contribution < 1.29 is 9.53 Å². The maximum absolute atomic E-state index is 11.9. The second kappa shape index (κ2) is 34.2. The van der Waals surface area contributed by atoms with Crippen LogP contribution in [0.5, 0.6) is 0 Å². The van der Waals surface area contributed by atoms with Crippen LogP contribution in [0.4, 0.5) is 0 Å². The number of carbonyl (C=O) groups excluding carboxylic acids is 1. The largest absolute Gasteiger partial charge is 0.466 e. The Labute approximate surface area is 240 Å². The highest BCUT2D eigenvalue weighted by molar-refractivity contribution is 5.69. The lowest BCUT2D eigenvalue weighted by Crippen LogP contribution is -2.05. The van der Waals surface area contributed by atoms with Crippen molar-refractivity contribution in [1.29, 1.82) is 0 Å². The molecule has 0 aromatic rings. The lowest BCUT2D eigenvalue weighted by molar-refractivity contribution is -0.143. The SMILES string of the molecule is CCCCCC/C=C/CCCCCCCC(=O)OCCCCCCCCCCCCCCCCCCCC. The highest BCUT2D eigenvalue weighted by Crippen LogP contribution is 2.15. The van der Waals surface area contributed by atoms with Gasteiger partial charge in [-0.25, -0.2) is 0 Å². The van der Waals surface area contributed by atoms with E-state index in [4.69, 9.17) is 4.74 Å². The molecule has 0 saturated carbocycles. The minimum Gasteiger partial charge on any atom is -0.466 e. The smallest absolute Gasteiger partial charge is 0.305 e. The van der Waals surface area contributed by atoms with Crippen molar-refractivity contribution in [2.45, 2.75) is 206 Å². The number of carbonyl (C=O) groups is 1. The highest BCUT2D eigenvalue weighted by atomic mass is 16.5. The van der Waals surface area contributed by atoms with Crippen molar-refractivity contribution in [2.75, 3.05) is 6.61 Å². The minimum atomic E-state index is 0.0166. The second-order valence-corrected chi connectivity index (χ2v) is 11.9. The zero-order valence-electron chi connectivity index (χ0n) is 26.4. The first-order chi connectivity index (χ1) is 18.8. The molecule has 0 atom stereocenters. The van der Waals surface area contributed by atoms with Crippen LogP contribution in [0.25, 0.3) is 0 Å². The summed E-state index contributed by atoms with van der Waals surface area (Å²) in [7, 11) is 0. The predicted octanol–water partition coefficient (Wildman–Crippen LogP) is 12.8. The van der Waals surface area contributed by atoms with Crippen LogP contribution in [-0.4, -0.2) is 12.6 Å². The van der Waals surface area contributed by atoms with Gasteiger partial charge in [0.15, 0.2) is 0 Å². The Morgan fingerprint density at radius 2 is 0.737 bits per heavy atom. The highest BCUT2D eigenvalue weighted by Gasteiger charge is 2.02. The number of esters is 1. The Morgan fingerprint density at radius 3 is 1.16 bits per heavy atom. The number of unbranched alkanes of at least 4 members (excludes halogenated alkanes) is 26. The van der Waals surface area contributed by atoms with E-state index in [1.807, 2.05) is 0 Å². The van der Waals surface area contributed by atoms with Crippen LogP contribution in [0, 0.1) is 0 Å². The molecule has 0 spiro atoms. The third-order valence-corrected chi connectivity index (χ3v) is 7.90. The summed E-state index contributed by atoms with van der Waals surface area (Å²) in [5.74, 6) is 0.0166. The van der Waals surface area contributed by atoms with Crippen LogP contribution < -0.4 is 0 Å². The normalized spacial score (nSPS) is 11.5. The van der Waals surface area contributed by atoms with Crippen LogP contribution >= 0.6 is 0 Å². The van der Waals surface area contributed by atoms with Crippen molar-refractivity contribution in [3.05, 3.63) is 12.2 Å². The average Bonchev–Trinajstić information content (AvgIpc) is 2.92. The van der Waals surface area contributed by atoms with E-state index in [2.05, 4.69) is 26.0 Å². The van der Waals surface area contributed by atoms with Crippen LogP contribution in [0.1, 0.15) is 206 Å². The van der Waals surface area contributed by atoms with E-state index < -0.39 is 0 Å². The number of ether oxygens (including phenoxy) is 1. The monoisotopic (exact) mass is 535 g/mol. The zero-order chi connectivity index (χ0) is 27.6. The molecule has 0 amide bonds. The molecule has 0 N–H and O–H groups in total. The standard InChI is InChI=1S/C36H70O2/c1-3-5-7-9-11-13-15-17-18-19-20-21-23-25-27-29-31-33-35-38-36(37)34-32-30-28-26-24-22-16-14-12-10-8-6-4-2/h14,16H,3-13,15,17-35H2,1-2H3/b16-14+. The van der Waals surface area contributed by atoms with Gasteiger partial charge in [-0.3, -0.25) is 4.79 Å². The van der Waals surface area contributed by atoms with Crippen LogP contribution in [0.3, 0.4) is 0 Å². The first-order valence-electron chi connectivity index (χ1n) is 17.6. The van der Waals surface area contributed by atoms with Crippen LogP contribution in [0.2, 0.25) is 0 Å². The van der Waals surface area contributed by atoms with Crippen molar-refractivity contribution in [1.82, 2.24) is 0 Å². The molecule has 0 heterocycles. The molecular weight excluding hydrogens is 464 g/mol. The molecule has 2 heteroatoms. The number of rotatable bonds is 32. The van der Waals surface area contributed by atoms with Gasteiger partial charge in [-0.1, -0.05) is 174 Å². The van der Waals surface area contributed by atoms with E-state index in [-0.39, 0.29) is 5.97 Å². The molecule has 38 heavy (non-hydrogen) atoms. The van der Waals surface area contributed by atoms with E-state index >= 15 is 0 Å². The average molecular weight is 535 g/mol. The lowest BCUT2D eigenvalue weighted by Gasteiger charge is -2.05. The molecule has 0 unspecified atom stereocenters. The summed E-state index contributed by atoms with van der Waals surface area (Å²) in [6.07, 6.45) is 44.1. The third kappa shape index (κ3) is 33.2. The minimum absolute atomic E-state index is 0.0166. The summed E-state index contributed by atoms with van der Waals surface area (Å²) in [5.41, 5.74) is 0. The van der Waals surface area contributed by atoms with E-state index in [9.17, 15) is 4.79 Å². The van der Waals surface area contributed by atoms with Gasteiger partial charge < -0.3 is 4.74 Å². The molecule has 2 nitrogen and oxygen atoms in total. The van der Waals surface area contributed by atoms with Gasteiger partial charge in [0.2, 0.25) is 0 Å². The number of allylic oxidation sites excluding steroid dienone is 2. The molecule has 0 aliphatic carbocycles. The van der Waals surface area contributed by atoms with Gasteiger partial charge in [0.1, 0.15) is 0 Å². The Balaban J connectivity index is 3.17. The maximum atomic E-state index is 11.9. The van der Waals surface area contributed by atoms with Gasteiger partial charge in [-0.2, -0.15) is 0 Å². The first kappa shape index (κ1) is 37.2. The first-order valence-corrected chi connectivity index (χ1v) is 17.6. The molecule has 0 radical (unpaired) electrons. The number of hydrogen-bond donors (Lipinski definition) is 0. The van der Waals surface area contributed by atoms with Gasteiger partial charge in [-0.05, 0) is 38.5 Å². The molecule has 0 saturated heterocycles. The molecule has 0 aromatic carbocycles. The Hall–Kier alpha value is -0.790. The fourth-order valence-electron chi connectivity index (χ4n) is 5.25. The topological polar surface area (TPSA) is 26.3 Å². The molecular formula is C36H70O2. The molecule has 0 aliphatic heterocycles. The van der Waals surface area contributed by atoms with Gasteiger partial charge >= 0.3 is 5.97 Å². The van der Waals surface area contributed by atoms with E-state index in [0.29, 0.717) is 13.0 Å². The molecule has 226 valence electrons. The molecule has 0 aromatic heterocycles. The molecule has 0 bridgehead atoms. The van der Waals surface area contributed by atoms with Crippen molar-refractivity contribution in [2.24, 2.45) is 0 Å². The lowest BCUT2D eigenvalue weighted by atomic mass is 10.0. The van der Waals surface area contributed by atoms with E-state index in [1.54, 1.807) is 0 Å². The van der Waals surface area contributed by atoms with E-state index in [0.717, 1.165) is 19.3 Å². The van der Waals surface area contributed by atoms with Gasteiger partial charge in [0, 0.05) is 6.42 Å². The Bertz CT molecular complexity index is 470. The summed E-state index contributed by atoms with van der Waals surface area (Å²) in [6.45, 7) is 5.19. The third-order valence-electron chi connectivity index (χ3n) is 7.90. The van der Waals surface area contributed by atoms with Crippen LogP contribution in [0.15, 0.2) is 12.2 Å². The second-order valence-electron chi connectivity index (χ2n) is 11.9.